The highest BCUT2D eigenvalue weighted by atomic mass is 35.5. The molecule has 4 rings (SSSR count). The fourth-order valence-corrected chi connectivity index (χ4v) is 5.31. The zero-order valence-corrected chi connectivity index (χ0v) is 16.1. The molecule has 0 unspecified atom stereocenters. The van der Waals surface area contributed by atoms with Crippen molar-refractivity contribution in [3.05, 3.63) is 46.0 Å². The lowest BCUT2D eigenvalue weighted by Crippen LogP contribution is -2.38. The molecule has 8 heteroatoms. The third-order valence-electron chi connectivity index (χ3n) is 4.39. The summed E-state index contributed by atoms with van der Waals surface area (Å²) in [6.45, 7) is 2.74. The number of hydrogen-bond acceptors (Lipinski definition) is 5. The standard InChI is InChI=1S/C17H17N3O2S2.ClH/c1-10-14(7-15(21)22)24-16(18-10)19-17-20-8-12-5-3-2-4-11(12)6-13(20)9-23-17;/h2-5,13H,6-9H2,1H3,(H,21,22);1H/t13-;/m0./s1. The number of aromatic nitrogens is 1. The van der Waals surface area contributed by atoms with Crippen molar-refractivity contribution in [2.45, 2.75) is 32.4 Å². The maximum atomic E-state index is 10.9. The van der Waals surface area contributed by atoms with Crippen molar-refractivity contribution in [2.75, 3.05) is 5.75 Å². The van der Waals surface area contributed by atoms with Crippen molar-refractivity contribution in [1.82, 2.24) is 9.88 Å². The smallest absolute Gasteiger partial charge is 0.308 e. The Kier molecular flexibility index (Phi) is 5.36. The van der Waals surface area contributed by atoms with Crippen LogP contribution in [0.2, 0.25) is 0 Å². The quantitative estimate of drug-likeness (QED) is 0.859. The van der Waals surface area contributed by atoms with Crippen LogP contribution in [0, 0.1) is 6.92 Å². The van der Waals surface area contributed by atoms with E-state index in [0.29, 0.717) is 11.2 Å². The molecular weight excluding hydrogens is 378 g/mol. The van der Waals surface area contributed by atoms with Crippen LogP contribution in [0.15, 0.2) is 29.3 Å². The van der Waals surface area contributed by atoms with Gasteiger partial charge in [-0.1, -0.05) is 47.4 Å². The molecule has 1 aromatic heterocycles. The summed E-state index contributed by atoms with van der Waals surface area (Å²) >= 11 is 3.15. The summed E-state index contributed by atoms with van der Waals surface area (Å²) < 4.78 is 0. The summed E-state index contributed by atoms with van der Waals surface area (Å²) in [5, 5.41) is 10.6. The number of halogens is 1. The van der Waals surface area contributed by atoms with Crippen LogP contribution in [0.4, 0.5) is 5.13 Å². The van der Waals surface area contributed by atoms with Crippen LogP contribution in [-0.2, 0) is 24.2 Å². The Bertz CT molecular complexity index is 837. The fraction of sp³-hybridized carbons (Fsp3) is 0.353. The Hall–Kier alpha value is -1.57. The second-order valence-corrected chi connectivity index (χ2v) is 8.08. The summed E-state index contributed by atoms with van der Waals surface area (Å²) in [5.41, 5.74) is 3.57. The number of thiazole rings is 1. The van der Waals surface area contributed by atoms with Gasteiger partial charge in [-0.3, -0.25) is 4.79 Å². The highest BCUT2D eigenvalue weighted by Gasteiger charge is 2.34. The molecule has 0 amide bonds. The molecule has 2 aromatic rings. The molecule has 3 heterocycles. The van der Waals surface area contributed by atoms with Gasteiger partial charge < -0.3 is 10.0 Å². The van der Waals surface area contributed by atoms with Gasteiger partial charge in [0.25, 0.3) is 0 Å². The number of aliphatic imine (C=N–C) groups is 1. The molecule has 0 saturated carbocycles. The zero-order valence-electron chi connectivity index (χ0n) is 13.6. The van der Waals surface area contributed by atoms with Gasteiger partial charge in [0.2, 0.25) is 5.13 Å². The first-order valence-corrected chi connectivity index (χ1v) is 9.63. The van der Waals surface area contributed by atoms with E-state index < -0.39 is 5.97 Å². The predicted octanol–water partition coefficient (Wildman–Crippen LogP) is 3.66. The van der Waals surface area contributed by atoms with E-state index in [2.05, 4.69) is 34.1 Å². The average Bonchev–Trinajstić information content (AvgIpc) is 3.09. The van der Waals surface area contributed by atoms with Gasteiger partial charge in [-0.2, -0.15) is 4.99 Å². The second kappa shape index (κ2) is 7.35. The second-order valence-electron chi connectivity index (χ2n) is 6.04. The normalized spacial score (nSPS) is 20.1. The topological polar surface area (TPSA) is 65.8 Å². The van der Waals surface area contributed by atoms with Crippen LogP contribution in [0.1, 0.15) is 21.7 Å². The maximum absolute atomic E-state index is 10.9. The average molecular weight is 396 g/mol. The molecule has 1 fully saturated rings. The van der Waals surface area contributed by atoms with Crippen molar-refractivity contribution >= 4 is 51.8 Å². The van der Waals surface area contributed by atoms with E-state index in [9.17, 15) is 4.79 Å². The van der Waals surface area contributed by atoms with Gasteiger partial charge in [0, 0.05) is 23.2 Å². The van der Waals surface area contributed by atoms with Gasteiger partial charge in [0.05, 0.1) is 12.1 Å². The number of carbonyl (C=O) groups is 1. The predicted molar refractivity (Wildman–Crippen MR) is 104 cm³/mol. The minimum Gasteiger partial charge on any atom is -0.481 e. The lowest BCUT2D eigenvalue weighted by molar-refractivity contribution is -0.136. The van der Waals surface area contributed by atoms with Gasteiger partial charge in [0.1, 0.15) is 0 Å². The molecule has 1 saturated heterocycles. The summed E-state index contributed by atoms with van der Waals surface area (Å²) in [5.74, 6) is 0.211. The van der Waals surface area contributed by atoms with E-state index in [-0.39, 0.29) is 18.8 Å². The number of aliphatic carboxylic acids is 1. The molecule has 0 bridgehead atoms. The first-order valence-electron chi connectivity index (χ1n) is 7.83. The molecule has 1 N–H and O–H groups in total. The summed E-state index contributed by atoms with van der Waals surface area (Å²) in [4.78, 5) is 23.2. The highest BCUT2D eigenvalue weighted by Crippen LogP contribution is 2.36. The molecule has 1 atom stereocenters. The first kappa shape index (κ1) is 18.2. The van der Waals surface area contributed by atoms with Crippen LogP contribution in [0.5, 0.6) is 0 Å². The van der Waals surface area contributed by atoms with E-state index in [1.165, 1.54) is 22.5 Å². The Morgan fingerprint density at radius 1 is 1.40 bits per heavy atom. The van der Waals surface area contributed by atoms with Gasteiger partial charge in [-0.25, -0.2) is 4.98 Å². The molecule has 0 aliphatic carbocycles. The number of carboxylic acids is 1. The molecule has 2 aliphatic rings. The lowest BCUT2D eigenvalue weighted by Gasteiger charge is -2.32. The van der Waals surface area contributed by atoms with E-state index in [4.69, 9.17) is 10.1 Å². The molecule has 25 heavy (non-hydrogen) atoms. The van der Waals surface area contributed by atoms with Gasteiger partial charge in [-0.05, 0) is 24.5 Å². The zero-order chi connectivity index (χ0) is 16.7. The van der Waals surface area contributed by atoms with Crippen LogP contribution in [0.3, 0.4) is 0 Å². The van der Waals surface area contributed by atoms with E-state index in [1.807, 2.05) is 6.92 Å². The van der Waals surface area contributed by atoms with Crippen molar-refractivity contribution in [2.24, 2.45) is 4.99 Å². The summed E-state index contributed by atoms with van der Waals surface area (Å²) in [6.07, 6.45) is 1.07. The Balaban J connectivity index is 0.00000182. The first-order chi connectivity index (χ1) is 11.6. The summed E-state index contributed by atoms with van der Waals surface area (Å²) in [6, 6.07) is 9.08. The molecule has 1 aromatic carbocycles. The van der Waals surface area contributed by atoms with Crippen molar-refractivity contribution in [1.29, 1.82) is 0 Å². The third-order valence-corrected chi connectivity index (χ3v) is 6.58. The molecule has 5 nitrogen and oxygen atoms in total. The van der Waals surface area contributed by atoms with E-state index >= 15 is 0 Å². The molecule has 2 aliphatic heterocycles. The molecule has 132 valence electrons. The summed E-state index contributed by atoms with van der Waals surface area (Å²) in [7, 11) is 0. The van der Waals surface area contributed by atoms with Gasteiger partial charge in [0.15, 0.2) is 5.17 Å². The molecular formula is C17H18ClN3O2S2. The van der Waals surface area contributed by atoms with Crippen molar-refractivity contribution in [3.63, 3.8) is 0 Å². The van der Waals surface area contributed by atoms with E-state index in [0.717, 1.165) is 34.5 Å². The van der Waals surface area contributed by atoms with Gasteiger partial charge in [-0.15, -0.1) is 12.4 Å². The Morgan fingerprint density at radius 2 is 2.16 bits per heavy atom. The monoisotopic (exact) mass is 395 g/mol. The number of carboxylic acid groups (broad SMARTS) is 1. The largest absolute Gasteiger partial charge is 0.481 e. The number of amidine groups is 1. The number of hydrogen-bond donors (Lipinski definition) is 1. The number of aryl methyl sites for hydroxylation is 1. The highest BCUT2D eigenvalue weighted by molar-refractivity contribution is 8.14. The molecule has 0 spiro atoms. The minimum atomic E-state index is -0.830. The number of fused-ring (bicyclic) bond motifs is 2. The SMILES string of the molecule is Cc1nc(N=C2SC[C@@H]3Cc4ccccc4CN23)sc1CC(=O)O.Cl. The van der Waals surface area contributed by atoms with Crippen molar-refractivity contribution in [3.8, 4) is 0 Å². The van der Waals surface area contributed by atoms with E-state index in [1.54, 1.807) is 11.8 Å². The number of thioether (sulfide) groups is 1. The van der Waals surface area contributed by atoms with Crippen molar-refractivity contribution < 1.29 is 9.90 Å². The molecule has 0 radical (unpaired) electrons. The fourth-order valence-electron chi connectivity index (χ4n) is 3.15. The number of rotatable bonds is 3. The minimum absolute atomic E-state index is 0. The third kappa shape index (κ3) is 3.68. The van der Waals surface area contributed by atoms with Crippen LogP contribution >= 0.6 is 35.5 Å². The van der Waals surface area contributed by atoms with Crippen LogP contribution in [-0.4, -0.2) is 37.9 Å². The van der Waals surface area contributed by atoms with Crippen LogP contribution in [0.25, 0.3) is 0 Å². The Morgan fingerprint density at radius 3 is 2.92 bits per heavy atom. The van der Waals surface area contributed by atoms with Gasteiger partial charge >= 0.3 is 5.97 Å². The van der Waals surface area contributed by atoms with Crippen LogP contribution < -0.4 is 0 Å². The lowest BCUT2D eigenvalue weighted by atomic mass is 9.95. The number of benzene rings is 1. The Labute approximate surface area is 160 Å². The maximum Gasteiger partial charge on any atom is 0.308 e. The number of nitrogens with zero attached hydrogens (tertiary/aromatic N) is 3.